The Hall–Kier alpha value is -2.20. The number of amides is 3. The van der Waals surface area contributed by atoms with Gasteiger partial charge in [-0.1, -0.05) is 34.1 Å². The summed E-state index contributed by atoms with van der Waals surface area (Å²) in [6.45, 7) is 12.3. The van der Waals surface area contributed by atoms with Gasteiger partial charge in [-0.3, -0.25) is 4.79 Å². The van der Waals surface area contributed by atoms with Crippen molar-refractivity contribution in [2.75, 3.05) is 20.2 Å². The molecule has 0 saturated heterocycles. The highest BCUT2D eigenvalue weighted by molar-refractivity contribution is 7.09. The molecule has 4 unspecified atom stereocenters. The molecule has 1 heterocycles. The zero-order valence-corrected chi connectivity index (χ0v) is 21.1. The Morgan fingerprint density at radius 1 is 1.22 bits per heavy atom. The van der Waals surface area contributed by atoms with Crippen molar-refractivity contribution in [3.8, 4) is 0 Å². The van der Waals surface area contributed by atoms with Crippen LogP contribution in [-0.2, 0) is 9.53 Å². The Balaban J connectivity index is 3.17. The smallest absolute Gasteiger partial charge is 0.357 e. The van der Waals surface area contributed by atoms with E-state index in [1.807, 2.05) is 34.6 Å². The molecule has 0 aliphatic heterocycles. The van der Waals surface area contributed by atoms with Gasteiger partial charge in [0.2, 0.25) is 5.91 Å². The lowest BCUT2D eigenvalue weighted by molar-refractivity contribution is -0.135. The number of likely N-dealkylation sites (N-methyl/N-ethyl adjacent to an activating group) is 1. The second kappa shape index (κ2) is 13.4. The van der Waals surface area contributed by atoms with Crippen molar-refractivity contribution < 1.29 is 19.1 Å². The van der Waals surface area contributed by atoms with Gasteiger partial charge in [0.25, 0.3) is 0 Å². The zero-order chi connectivity index (χ0) is 24.4. The van der Waals surface area contributed by atoms with E-state index in [1.54, 1.807) is 24.3 Å². The van der Waals surface area contributed by atoms with Crippen molar-refractivity contribution in [1.29, 1.82) is 0 Å². The summed E-state index contributed by atoms with van der Waals surface area (Å²) >= 11 is 1.28. The predicted molar refractivity (Wildman–Crippen MR) is 126 cm³/mol. The maximum atomic E-state index is 13.0. The monoisotopic (exact) mass is 469 g/mol. The van der Waals surface area contributed by atoms with Gasteiger partial charge >= 0.3 is 12.0 Å². The van der Waals surface area contributed by atoms with E-state index in [4.69, 9.17) is 10.5 Å². The summed E-state index contributed by atoms with van der Waals surface area (Å²) in [5, 5.41) is 7.87. The van der Waals surface area contributed by atoms with Gasteiger partial charge in [-0.05, 0) is 32.1 Å². The van der Waals surface area contributed by atoms with Crippen LogP contribution in [0.3, 0.4) is 0 Å². The van der Waals surface area contributed by atoms with E-state index in [-0.39, 0.29) is 42.1 Å². The molecular weight excluding hydrogens is 430 g/mol. The number of thiazole rings is 1. The molecule has 4 atom stereocenters. The van der Waals surface area contributed by atoms with Crippen molar-refractivity contribution in [3.63, 3.8) is 0 Å². The molecule has 0 aliphatic carbocycles. The van der Waals surface area contributed by atoms with Gasteiger partial charge in [-0.25, -0.2) is 14.6 Å². The average Bonchev–Trinajstić information content (AvgIpc) is 3.25. The number of hydrogen-bond donors (Lipinski definition) is 3. The quantitative estimate of drug-likeness (QED) is 0.404. The van der Waals surface area contributed by atoms with Crippen LogP contribution in [0.15, 0.2) is 5.38 Å². The number of hydrogen-bond acceptors (Lipinski definition) is 7. The Morgan fingerprint density at radius 3 is 2.41 bits per heavy atom. The van der Waals surface area contributed by atoms with E-state index < -0.39 is 18.1 Å². The maximum Gasteiger partial charge on any atom is 0.357 e. The van der Waals surface area contributed by atoms with E-state index in [0.717, 1.165) is 6.42 Å². The first-order valence-electron chi connectivity index (χ1n) is 11.3. The van der Waals surface area contributed by atoms with Gasteiger partial charge in [-0.15, -0.1) is 11.3 Å². The molecule has 9 nitrogen and oxygen atoms in total. The van der Waals surface area contributed by atoms with Crippen LogP contribution in [0.1, 0.15) is 75.9 Å². The fraction of sp³-hybridized carbons (Fsp3) is 0.727. The van der Waals surface area contributed by atoms with Crippen LogP contribution >= 0.6 is 11.3 Å². The Kier molecular flexibility index (Phi) is 11.6. The van der Waals surface area contributed by atoms with Crippen LogP contribution in [0.25, 0.3) is 0 Å². The van der Waals surface area contributed by atoms with Crippen LogP contribution in [0, 0.1) is 11.8 Å². The Morgan fingerprint density at radius 2 is 1.88 bits per heavy atom. The number of ether oxygens (including phenoxy) is 1. The minimum Gasteiger partial charge on any atom is -0.461 e. The summed E-state index contributed by atoms with van der Waals surface area (Å²) in [6.07, 6.45) is 1.24. The minimum absolute atomic E-state index is 0.0631. The summed E-state index contributed by atoms with van der Waals surface area (Å²) in [6, 6.07) is -1.61. The molecule has 0 spiro atoms. The van der Waals surface area contributed by atoms with E-state index in [2.05, 4.69) is 15.6 Å². The van der Waals surface area contributed by atoms with E-state index in [9.17, 15) is 14.4 Å². The van der Waals surface area contributed by atoms with Crippen LogP contribution in [0.5, 0.6) is 0 Å². The highest BCUT2D eigenvalue weighted by Gasteiger charge is 2.32. The third-order valence-corrected chi connectivity index (χ3v) is 6.54. The second-order valence-corrected chi connectivity index (χ2v) is 9.15. The summed E-state index contributed by atoms with van der Waals surface area (Å²) in [5.41, 5.74) is 6.41. The molecule has 32 heavy (non-hydrogen) atoms. The topological polar surface area (TPSA) is 127 Å². The van der Waals surface area contributed by atoms with Gasteiger partial charge < -0.3 is 26.0 Å². The van der Waals surface area contributed by atoms with E-state index in [1.165, 1.54) is 11.3 Å². The van der Waals surface area contributed by atoms with Gasteiger partial charge in [0.15, 0.2) is 5.69 Å². The molecule has 4 N–H and O–H groups in total. The molecule has 0 radical (unpaired) electrons. The van der Waals surface area contributed by atoms with Crippen LogP contribution in [-0.4, -0.2) is 60.1 Å². The number of esters is 1. The predicted octanol–water partition coefficient (Wildman–Crippen LogP) is 2.93. The normalized spacial score (nSPS) is 14.9. The van der Waals surface area contributed by atoms with Gasteiger partial charge in [0.05, 0.1) is 18.7 Å². The molecule has 3 amide bonds. The van der Waals surface area contributed by atoms with Crippen molar-refractivity contribution in [1.82, 2.24) is 20.5 Å². The minimum atomic E-state index is -0.587. The number of urea groups is 1. The largest absolute Gasteiger partial charge is 0.461 e. The highest BCUT2D eigenvalue weighted by Crippen LogP contribution is 2.28. The summed E-state index contributed by atoms with van der Waals surface area (Å²) in [4.78, 5) is 43.5. The molecule has 1 rings (SSSR count). The SMILES string of the molecule is CCNC(=O)NC(CC(C(C)C)N(C)C(=O)C(N)C(C)CC)c1nc(C(=O)OCC)cs1. The lowest BCUT2D eigenvalue weighted by atomic mass is 9.93. The van der Waals surface area contributed by atoms with E-state index >= 15 is 0 Å². The second-order valence-electron chi connectivity index (χ2n) is 8.26. The van der Waals surface area contributed by atoms with Crippen molar-refractivity contribution in [3.05, 3.63) is 16.1 Å². The van der Waals surface area contributed by atoms with Crippen LogP contribution in [0.2, 0.25) is 0 Å². The van der Waals surface area contributed by atoms with Crippen molar-refractivity contribution in [2.45, 2.75) is 72.5 Å². The highest BCUT2D eigenvalue weighted by atomic mass is 32.1. The van der Waals surface area contributed by atoms with Crippen LogP contribution in [0.4, 0.5) is 4.79 Å². The van der Waals surface area contributed by atoms with Gasteiger partial charge in [0, 0.05) is 25.0 Å². The standard InChI is InChI=1S/C22H39N5O4S/c1-8-14(6)18(23)20(28)27(7)17(13(4)5)11-15(26-22(30)24-9-2)19-25-16(12-32-19)21(29)31-10-3/h12-15,17-18H,8-11,23H2,1-7H3,(H2,24,26,30). The number of nitrogens with zero attached hydrogens (tertiary/aromatic N) is 2. The number of carbonyl (C=O) groups excluding carboxylic acids is 3. The third kappa shape index (κ3) is 7.74. The first kappa shape index (κ1) is 27.8. The zero-order valence-electron chi connectivity index (χ0n) is 20.3. The molecule has 10 heteroatoms. The molecule has 1 aromatic heterocycles. The summed E-state index contributed by atoms with van der Waals surface area (Å²) in [7, 11) is 1.75. The van der Waals surface area contributed by atoms with Crippen LogP contribution < -0.4 is 16.4 Å². The number of nitrogens with two attached hydrogens (primary N) is 1. The van der Waals surface area contributed by atoms with Gasteiger partial charge in [-0.2, -0.15) is 0 Å². The molecule has 1 aromatic rings. The number of aromatic nitrogens is 1. The molecule has 0 saturated carbocycles. The maximum absolute atomic E-state index is 13.0. The number of carbonyl (C=O) groups is 3. The molecule has 0 aromatic carbocycles. The Bertz CT molecular complexity index is 754. The molecule has 0 aliphatic rings. The summed E-state index contributed by atoms with van der Waals surface area (Å²) < 4.78 is 5.03. The first-order valence-corrected chi connectivity index (χ1v) is 12.1. The average molecular weight is 470 g/mol. The number of nitrogens with one attached hydrogen (secondary N) is 2. The third-order valence-electron chi connectivity index (χ3n) is 5.58. The first-order chi connectivity index (χ1) is 15.1. The fourth-order valence-corrected chi connectivity index (χ4v) is 4.20. The lowest BCUT2D eigenvalue weighted by Crippen LogP contribution is -2.51. The summed E-state index contributed by atoms with van der Waals surface area (Å²) in [5.74, 6) is -0.454. The molecular formula is C22H39N5O4S. The van der Waals surface area contributed by atoms with Crippen molar-refractivity contribution >= 4 is 29.2 Å². The fourth-order valence-electron chi connectivity index (χ4n) is 3.35. The van der Waals surface area contributed by atoms with Gasteiger partial charge in [0.1, 0.15) is 5.01 Å². The molecule has 0 bridgehead atoms. The lowest BCUT2D eigenvalue weighted by Gasteiger charge is -2.36. The van der Waals surface area contributed by atoms with Crippen molar-refractivity contribution in [2.24, 2.45) is 17.6 Å². The van der Waals surface area contributed by atoms with E-state index in [0.29, 0.717) is 18.0 Å². The molecule has 0 fully saturated rings. The number of rotatable bonds is 12. The molecule has 182 valence electrons. The Labute approximate surface area is 195 Å².